The van der Waals surface area contributed by atoms with Crippen molar-refractivity contribution in [3.8, 4) is 0 Å². The molecule has 0 aromatic carbocycles. The van der Waals surface area contributed by atoms with E-state index in [1.807, 2.05) is 0 Å². The molecule has 5 nitrogen and oxygen atoms in total. The standard InChI is InChI=1S/C16H29N5/c1-5-14-15(6-2)19-20-16(18-14)21-9-7-13(8-10-21)11-17-12(3)4/h12-13,17H,5-11H2,1-4H3. The fraction of sp³-hybridized carbons (Fsp3) is 0.812. The Morgan fingerprint density at radius 2 is 1.76 bits per heavy atom. The van der Waals surface area contributed by atoms with Crippen LogP contribution in [0.1, 0.15) is 51.9 Å². The Labute approximate surface area is 128 Å². The Balaban J connectivity index is 1.93. The highest BCUT2D eigenvalue weighted by atomic mass is 15.3. The molecule has 1 aromatic rings. The Morgan fingerprint density at radius 1 is 1.10 bits per heavy atom. The summed E-state index contributed by atoms with van der Waals surface area (Å²) in [5, 5.41) is 12.2. The van der Waals surface area contributed by atoms with E-state index < -0.39 is 0 Å². The first kappa shape index (κ1) is 16.1. The van der Waals surface area contributed by atoms with Crippen LogP contribution in [-0.4, -0.2) is 40.9 Å². The Hall–Kier alpha value is -1.23. The summed E-state index contributed by atoms with van der Waals surface area (Å²) in [6.07, 6.45) is 4.26. The van der Waals surface area contributed by atoms with Gasteiger partial charge in [-0.3, -0.25) is 0 Å². The third kappa shape index (κ3) is 4.37. The van der Waals surface area contributed by atoms with Crippen LogP contribution in [0.2, 0.25) is 0 Å². The van der Waals surface area contributed by atoms with Crippen molar-refractivity contribution >= 4 is 5.95 Å². The molecule has 118 valence electrons. The van der Waals surface area contributed by atoms with Gasteiger partial charge in [-0.15, -0.1) is 5.10 Å². The molecule has 0 spiro atoms. The third-order valence-electron chi connectivity index (χ3n) is 4.21. The minimum absolute atomic E-state index is 0.573. The van der Waals surface area contributed by atoms with Crippen LogP contribution in [0.25, 0.3) is 0 Å². The van der Waals surface area contributed by atoms with Gasteiger partial charge in [0.05, 0.1) is 11.4 Å². The van der Waals surface area contributed by atoms with Crippen LogP contribution in [0.5, 0.6) is 0 Å². The lowest BCUT2D eigenvalue weighted by molar-refractivity contribution is 0.368. The van der Waals surface area contributed by atoms with E-state index in [1.165, 1.54) is 12.8 Å². The number of aryl methyl sites for hydroxylation is 2. The topological polar surface area (TPSA) is 53.9 Å². The number of hydrogen-bond donors (Lipinski definition) is 1. The van der Waals surface area contributed by atoms with Crippen molar-refractivity contribution in [2.45, 2.75) is 59.4 Å². The van der Waals surface area contributed by atoms with E-state index in [2.05, 4.69) is 48.1 Å². The predicted molar refractivity (Wildman–Crippen MR) is 86.7 cm³/mol. The lowest BCUT2D eigenvalue weighted by Gasteiger charge is -2.32. The summed E-state index contributed by atoms with van der Waals surface area (Å²) in [5.41, 5.74) is 2.14. The maximum absolute atomic E-state index is 4.72. The largest absolute Gasteiger partial charge is 0.340 e. The molecule has 0 bridgehead atoms. The van der Waals surface area contributed by atoms with Crippen LogP contribution in [0.3, 0.4) is 0 Å². The molecule has 0 atom stereocenters. The molecule has 2 heterocycles. The minimum Gasteiger partial charge on any atom is -0.340 e. The summed E-state index contributed by atoms with van der Waals surface area (Å²) >= 11 is 0. The quantitative estimate of drug-likeness (QED) is 0.871. The van der Waals surface area contributed by atoms with E-state index in [1.54, 1.807) is 0 Å². The monoisotopic (exact) mass is 291 g/mol. The maximum Gasteiger partial charge on any atom is 0.245 e. The van der Waals surface area contributed by atoms with Gasteiger partial charge in [0, 0.05) is 19.1 Å². The zero-order valence-electron chi connectivity index (χ0n) is 13.9. The average molecular weight is 291 g/mol. The first-order valence-electron chi connectivity index (χ1n) is 8.34. The molecule has 5 heteroatoms. The lowest BCUT2D eigenvalue weighted by Crippen LogP contribution is -2.39. The van der Waals surface area contributed by atoms with Crippen LogP contribution in [0.15, 0.2) is 0 Å². The molecular weight excluding hydrogens is 262 g/mol. The highest BCUT2D eigenvalue weighted by molar-refractivity contribution is 5.31. The number of anilines is 1. The summed E-state index contributed by atoms with van der Waals surface area (Å²) in [7, 11) is 0. The summed E-state index contributed by atoms with van der Waals surface area (Å²) < 4.78 is 0. The number of piperidine rings is 1. The van der Waals surface area contributed by atoms with E-state index in [4.69, 9.17) is 4.98 Å². The van der Waals surface area contributed by atoms with Gasteiger partial charge in [0.15, 0.2) is 0 Å². The SMILES string of the molecule is CCc1nnc(N2CCC(CNC(C)C)CC2)nc1CC. The van der Waals surface area contributed by atoms with E-state index in [9.17, 15) is 0 Å². The van der Waals surface area contributed by atoms with Gasteiger partial charge < -0.3 is 10.2 Å². The van der Waals surface area contributed by atoms with Crippen molar-refractivity contribution in [1.82, 2.24) is 20.5 Å². The van der Waals surface area contributed by atoms with Gasteiger partial charge in [-0.2, -0.15) is 5.10 Å². The number of rotatable bonds is 6. The van der Waals surface area contributed by atoms with Gasteiger partial charge >= 0.3 is 0 Å². The Morgan fingerprint density at radius 3 is 2.33 bits per heavy atom. The summed E-state index contributed by atoms with van der Waals surface area (Å²) in [6.45, 7) is 11.9. The highest BCUT2D eigenvalue weighted by Gasteiger charge is 2.21. The van der Waals surface area contributed by atoms with Crippen LogP contribution in [-0.2, 0) is 12.8 Å². The molecule has 0 amide bonds. The van der Waals surface area contributed by atoms with Crippen molar-refractivity contribution < 1.29 is 0 Å². The van der Waals surface area contributed by atoms with E-state index >= 15 is 0 Å². The second kappa shape index (κ2) is 7.69. The zero-order valence-corrected chi connectivity index (χ0v) is 13.9. The van der Waals surface area contributed by atoms with Gasteiger partial charge in [0.25, 0.3) is 0 Å². The molecule has 1 N–H and O–H groups in total. The first-order chi connectivity index (χ1) is 10.1. The molecular formula is C16H29N5. The average Bonchev–Trinajstić information content (AvgIpc) is 2.52. The molecule has 0 saturated carbocycles. The molecule has 21 heavy (non-hydrogen) atoms. The second-order valence-electron chi connectivity index (χ2n) is 6.21. The summed E-state index contributed by atoms with van der Waals surface area (Å²) in [5.74, 6) is 1.59. The van der Waals surface area contributed by atoms with Crippen molar-refractivity contribution in [3.63, 3.8) is 0 Å². The fourth-order valence-electron chi connectivity index (χ4n) is 2.80. The molecule has 1 fully saturated rings. The number of nitrogens with one attached hydrogen (secondary N) is 1. The number of nitrogens with zero attached hydrogens (tertiary/aromatic N) is 4. The van der Waals surface area contributed by atoms with Crippen LogP contribution in [0.4, 0.5) is 5.95 Å². The van der Waals surface area contributed by atoms with Gasteiger partial charge in [0.1, 0.15) is 0 Å². The van der Waals surface area contributed by atoms with Gasteiger partial charge in [-0.05, 0) is 38.1 Å². The highest BCUT2D eigenvalue weighted by Crippen LogP contribution is 2.20. The molecule has 2 rings (SSSR count). The van der Waals surface area contributed by atoms with Crippen LogP contribution < -0.4 is 10.2 Å². The van der Waals surface area contributed by atoms with Crippen LogP contribution >= 0.6 is 0 Å². The van der Waals surface area contributed by atoms with E-state index in [-0.39, 0.29) is 0 Å². The molecule has 1 aromatic heterocycles. The zero-order chi connectivity index (χ0) is 15.2. The third-order valence-corrected chi connectivity index (χ3v) is 4.21. The van der Waals surface area contributed by atoms with Gasteiger partial charge in [0.2, 0.25) is 5.95 Å². The van der Waals surface area contributed by atoms with Crippen LogP contribution in [0, 0.1) is 5.92 Å². The van der Waals surface area contributed by atoms with E-state index in [0.29, 0.717) is 6.04 Å². The van der Waals surface area contributed by atoms with Crippen molar-refractivity contribution in [2.24, 2.45) is 5.92 Å². The van der Waals surface area contributed by atoms with E-state index in [0.717, 1.165) is 55.7 Å². The normalized spacial score (nSPS) is 16.7. The molecule has 1 aliphatic heterocycles. The molecule has 0 aliphatic carbocycles. The van der Waals surface area contributed by atoms with Crippen molar-refractivity contribution in [2.75, 3.05) is 24.5 Å². The molecule has 0 radical (unpaired) electrons. The fourth-order valence-corrected chi connectivity index (χ4v) is 2.80. The van der Waals surface area contributed by atoms with Gasteiger partial charge in [-0.1, -0.05) is 27.7 Å². The van der Waals surface area contributed by atoms with Crippen molar-refractivity contribution in [1.29, 1.82) is 0 Å². The Bertz CT molecular complexity index is 438. The van der Waals surface area contributed by atoms with Gasteiger partial charge in [-0.25, -0.2) is 4.98 Å². The Kier molecular flexibility index (Phi) is 5.91. The lowest BCUT2D eigenvalue weighted by atomic mass is 9.97. The molecule has 1 aliphatic rings. The first-order valence-corrected chi connectivity index (χ1v) is 8.34. The number of hydrogen-bond acceptors (Lipinski definition) is 5. The minimum atomic E-state index is 0.573. The molecule has 0 unspecified atom stereocenters. The smallest absolute Gasteiger partial charge is 0.245 e. The predicted octanol–water partition coefficient (Wildman–Crippen LogP) is 2.21. The summed E-state index contributed by atoms with van der Waals surface area (Å²) in [4.78, 5) is 7.01. The summed E-state index contributed by atoms with van der Waals surface area (Å²) in [6, 6.07) is 0.573. The molecule has 1 saturated heterocycles. The number of aromatic nitrogens is 3. The maximum atomic E-state index is 4.72. The van der Waals surface area contributed by atoms with Crippen molar-refractivity contribution in [3.05, 3.63) is 11.4 Å². The second-order valence-corrected chi connectivity index (χ2v) is 6.21.